The molecule has 0 saturated heterocycles. The zero-order valence-corrected chi connectivity index (χ0v) is 29.6. The van der Waals surface area contributed by atoms with E-state index in [1.54, 1.807) is 0 Å². The second kappa shape index (κ2) is 14.3. The van der Waals surface area contributed by atoms with Gasteiger partial charge in [0.25, 0.3) is 0 Å². The van der Waals surface area contributed by atoms with Crippen LogP contribution in [0.2, 0.25) is 0 Å². The lowest BCUT2D eigenvalue weighted by Gasteiger charge is -2.30. The first-order valence-electron chi connectivity index (χ1n) is 18.3. The zero-order valence-electron chi connectivity index (χ0n) is 29.6. The summed E-state index contributed by atoms with van der Waals surface area (Å²) in [5.74, 6) is 1.46. The van der Waals surface area contributed by atoms with E-state index in [1.807, 2.05) is 0 Å². The number of nitrogens with zero attached hydrogens (tertiary/aromatic N) is 1. The highest BCUT2D eigenvalue weighted by molar-refractivity contribution is 5.91. The second-order valence-corrected chi connectivity index (χ2v) is 14.5. The maximum atomic E-state index is 6.38. The Morgan fingerprint density at radius 1 is 0.784 bits per heavy atom. The summed E-state index contributed by atoms with van der Waals surface area (Å²) < 4.78 is 6.38. The first-order chi connectivity index (χ1) is 25.0. The molecule has 0 spiro atoms. The predicted octanol–water partition coefficient (Wildman–Crippen LogP) is 12.7. The molecule has 0 radical (unpaired) electrons. The van der Waals surface area contributed by atoms with Gasteiger partial charge in [-0.05, 0) is 101 Å². The van der Waals surface area contributed by atoms with E-state index < -0.39 is 0 Å². The summed E-state index contributed by atoms with van der Waals surface area (Å²) in [4.78, 5) is 2.42. The smallest absolute Gasteiger partial charge is 0.131 e. The SMILES string of the molecule is CC1(C)C/C(=C\C=C/CC2C=CC(N(c3ccccc3)c3ccccc3C3=C/Cc4ccc5ccccc5c4OC/C=C\3)=CC2)c2ccccc21. The molecule has 0 fully saturated rings. The topological polar surface area (TPSA) is 12.5 Å². The van der Waals surface area contributed by atoms with Crippen molar-refractivity contribution in [3.05, 3.63) is 198 Å². The highest BCUT2D eigenvalue weighted by atomic mass is 16.5. The van der Waals surface area contributed by atoms with Crippen LogP contribution in [0, 0.1) is 5.92 Å². The first-order valence-corrected chi connectivity index (χ1v) is 18.3. The van der Waals surface area contributed by atoms with Crippen molar-refractivity contribution in [2.45, 2.75) is 44.9 Å². The first kappa shape index (κ1) is 32.6. The molecule has 8 rings (SSSR count). The molecule has 1 atom stereocenters. The number of hydrogen-bond acceptors (Lipinski definition) is 2. The van der Waals surface area contributed by atoms with Crippen LogP contribution in [0.15, 0.2) is 176 Å². The van der Waals surface area contributed by atoms with Gasteiger partial charge in [0.05, 0.1) is 5.69 Å². The Morgan fingerprint density at radius 2 is 1.57 bits per heavy atom. The van der Waals surface area contributed by atoms with Crippen molar-refractivity contribution >= 4 is 33.3 Å². The fraction of sp³-hybridized carbons (Fsp3) is 0.184. The lowest BCUT2D eigenvalue weighted by Crippen LogP contribution is -2.18. The van der Waals surface area contributed by atoms with Gasteiger partial charge in [0.1, 0.15) is 12.4 Å². The summed E-state index contributed by atoms with van der Waals surface area (Å²) in [5.41, 5.74) is 11.6. The Kier molecular flexibility index (Phi) is 9.16. The molecule has 5 aromatic carbocycles. The van der Waals surface area contributed by atoms with Gasteiger partial charge in [-0.3, -0.25) is 0 Å². The number of para-hydroxylation sites is 2. The van der Waals surface area contributed by atoms with E-state index in [-0.39, 0.29) is 5.41 Å². The predicted molar refractivity (Wildman–Crippen MR) is 216 cm³/mol. The van der Waals surface area contributed by atoms with Gasteiger partial charge in [0.2, 0.25) is 0 Å². The van der Waals surface area contributed by atoms with Gasteiger partial charge >= 0.3 is 0 Å². The highest BCUT2D eigenvalue weighted by Crippen LogP contribution is 2.45. The summed E-state index contributed by atoms with van der Waals surface area (Å²) >= 11 is 0. The minimum atomic E-state index is 0.198. The second-order valence-electron chi connectivity index (χ2n) is 14.5. The molecular formula is C49H45NO. The third kappa shape index (κ3) is 6.79. The number of ether oxygens (including phenoxy) is 1. The van der Waals surface area contributed by atoms with Crippen LogP contribution in [0.5, 0.6) is 5.75 Å². The fourth-order valence-electron chi connectivity index (χ4n) is 7.93. The molecule has 2 heteroatoms. The third-order valence-electron chi connectivity index (χ3n) is 10.5. The van der Waals surface area contributed by atoms with Crippen molar-refractivity contribution in [2.75, 3.05) is 11.5 Å². The summed E-state index contributed by atoms with van der Waals surface area (Å²) in [6.07, 6.45) is 24.7. The van der Waals surface area contributed by atoms with E-state index in [4.69, 9.17) is 4.74 Å². The van der Waals surface area contributed by atoms with Crippen molar-refractivity contribution in [3.63, 3.8) is 0 Å². The van der Waals surface area contributed by atoms with Crippen LogP contribution in [0.4, 0.5) is 11.4 Å². The highest BCUT2D eigenvalue weighted by Gasteiger charge is 2.32. The van der Waals surface area contributed by atoms with Crippen molar-refractivity contribution in [1.82, 2.24) is 0 Å². The number of allylic oxidation sites excluding steroid dienone is 10. The van der Waals surface area contributed by atoms with Gasteiger partial charge in [-0.1, -0.05) is 153 Å². The van der Waals surface area contributed by atoms with Crippen LogP contribution in [-0.4, -0.2) is 6.61 Å². The van der Waals surface area contributed by atoms with E-state index in [2.05, 4.69) is 189 Å². The lowest BCUT2D eigenvalue weighted by molar-refractivity contribution is 0.364. The van der Waals surface area contributed by atoms with Gasteiger partial charge in [0, 0.05) is 22.3 Å². The number of rotatable bonds is 7. The Labute approximate surface area is 303 Å². The Morgan fingerprint density at radius 3 is 2.43 bits per heavy atom. The Balaban J connectivity index is 1.05. The van der Waals surface area contributed by atoms with Gasteiger partial charge in [-0.2, -0.15) is 0 Å². The summed E-state index contributed by atoms with van der Waals surface area (Å²) in [5, 5.41) is 2.37. The Hall–Kier alpha value is -5.60. The van der Waals surface area contributed by atoms with Crippen LogP contribution in [0.25, 0.3) is 21.9 Å². The minimum absolute atomic E-state index is 0.198. The number of anilines is 2. The average Bonchev–Trinajstić information content (AvgIpc) is 3.49. The van der Waals surface area contributed by atoms with E-state index in [9.17, 15) is 0 Å². The number of benzene rings is 5. The van der Waals surface area contributed by atoms with Gasteiger partial charge in [-0.15, -0.1) is 0 Å². The quantitative estimate of drug-likeness (QED) is 0.172. The summed E-state index contributed by atoms with van der Waals surface area (Å²) in [7, 11) is 0. The minimum Gasteiger partial charge on any atom is -0.489 e. The van der Waals surface area contributed by atoms with Crippen molar-refractivity contribution in [3.8, 4) is 5.75 Å². The van der Waals surface area contributed by atoms with E-state index in [0.717, 1.165) is 37.1 Å². The van der Waals surface area contributed by atoms with Crippen LogP contribution >= 0.6 is 0 Å². The van der Waals surface area contributed by atoms with Crippen molar-refractivity contribution in [2.24, 2.45) is 5.92 Å². The molecule has 0 N–H and O–H groups in total. The van der Waals surface area contributed by atoms with E-state index >= 15 is 0 Å². The lowest BCUT2D eigenvalue weighted by atomic mass is 9.86. The van der Waals surface area contributed by atoms with Gasteiger partial charge in [-0.25, -0.2) is 0 Å². The van der Waals surface area contributed by atoms with Crippen LogP contribution in [0.3, 0.4) is 0 Å². The standard InChI is InChI=1S/C49H45NO/c1-49(2)35-40(43-21-10-12-24-46(43)49)17-7-6-15-36-26-32-42(33-27-36)50(41-19-4-3-5-20-41)47-25-13-11-22-44(47)37-18-14-34-51-48-39(30-28-37)31-29-38-16-8-9-23-45(38)48/h3-14,16-26,28-29,31-33,36H,15,27,30,34-35H2,1-2H3/b7-6-,18-14-,37-28+,40-17+. The largest absolute Gasteiger partial charge is 0.489 e. The molecule has 0 saturated carbocycles. The average molecular weight is 664 g/mol. The maximum absolute atomic E-state index is 6.38. The van der Waals surface area contributed by atoms with E-state index in [0.29, 0.717) is 12.5 Å². The molecule has 51 heavy (non-hydrogen) atoms. The molecule has 1 aliphatic heterocycles. The molecule has 0 amide bonds. The molecule has 3 aliphatic rings. The Bertz CT molecular complexity index is 2240. The monoisotopic (exact) mass is 663 g/mol. The van der Waals surface area contributed by atoms with Gasteiger partial charge < -0.3 is 9.64 Å². The maximum Gasteiger partial charge on any atom is 0.131 e. The molecule has 2 nitrogen and oxygen atoms in total. The molecule has 1 heterocycles. The third-order valence-corrected chi connectivity index (χ3v) is 10.5. The molecule has 252 valence electrons. The molecule has 2 aliphatic carbocycles. The van der Waals surface area contributed by atoms with Crippen LogP contribution in [0.1, 0.15) is 55.4 Å². The summed E-state index contributed by atoms with van der Waals surface area (Å²) in [6.45, 7) is 5.23. The van der Waals surface area contributed by atoms with Crippen molar-refractivity contribution in [1.29, 1.82) is 0 Å². The van der Waals surface area contributed by atoms with E-state index in [1.165, 1.54) is 55.6 Å². The van der Waals surface area contributed by atoms with Crippen LogP contribution < -0.4 is 9.64 Å². The zero-order chi connectivity index (χ0) is 34.6. The molecular weight excluding hydrogens is 619 g/mol. The summed E-state index contributed by atoms with van der Waals surface area (Å²) in [6, 6.07) is 41.4. The fourth-order valence-corrected chi connectivity index (χ4v) is 7.93. The van der Waals surface area contributed by atoms with Crippen molar-refractivity contribution < 1.29 is 4.74 Å². The number of hydrogen-bond donors (Lipinski definition) is 0. The molecule has 0 bridgehead atoms. The molecule has 0 aromatic heterocycles. The number of fused-ring (bicyclic) bond motifs is 4. The van der Waals surface area contributed by atoms with Crippen LogP contribution in [-0.2, 0) is 11.8 Å². The normalized spacial score (nSPS) is 20.4. The van der Waals surface area contributed by atoms with Gasteiger partial charge in [0.15, 0.2) is 0 Å². The molecule has 1 unspecified atom stereocenters. The molecule has 5 aromatic rings.